The summed E-state index contributed by atoms with van der Waals surface area (Å²) in [7, 11) is 0. The molecule has 0 spiro atoms. The molecule has 1 N–H and O–H groups in total. The molecule has 4 nitrogen and oxygen atoms in total. The average molecular weight is 260 g/mol. The predicted octanol–water partition coefficient (Wildman–Crippen LogP) is 1.91. The van der Waals surface area contributed by atoms with Crippen LogP contribution in [0.5, 0.6) is 0 Å². The Hall–Kier alpha value is -1.55. The van der Waals surface area contributed by atoms with Gasteiger partial charge in [-0.15, -0.1) is 0 Å². The van der Waals surface area contributed by atoms with Crippen LogP contribution in [0.1, 0.15) is 29.3 Å². The lowest BCUT2D eigenvalue weighted by molar-refractivity contribution is -0.0123. The standard InChI is InChI=1S/C15H20N2O2/c1-11-10-17(8-9-19-11)15(18)13-6-2-4-12-5-3-7-16-14(12)13/h2,4,6,11,16H,3,5,7-10H2,1H3. The molecule has 0 bridgehead atoms. The second-order valence-electron chi connectivity index (χ2n) is 5.30. The van der Waals surface area contributed by atoms with E-state index in [2.05, 4.69) is 11.4 Å². The summed E-state index contributed by atoms with van der Waals surface area (Å²) < 4.78 is 5.50. The van der Waals surface area contributed by atoms with Crippen molar-refractivity contribution < 1.29 is 9.53 Å². The van der Waals surface area contributed by atoms with Crippen LogP contribution in [0.25, 0.3) is 0 Å². The van der Waals surface area contributed by atoms with Crippen LogP contribution in [0.4, 0.5) is 5.69 Å². The largest absolute Gasteiger partial charge is 0.384 e. The first kappa shape index (κ1) is 12.5. The maximum atomic E-state index is 12.6. The first-order chi connectivity index (χ1) is 9.25. The van der Waals surface area contributed by atoms with Gasteiger partial charge in [-0.2, -0.15) is 0 Å². The summed E-state index contributed by atoms with van der Waals surface area (Å²) in [5.74, 6) is 0.126. The molecule has 3 rings (SSSR count). The maximum absolute atomic E-state index is 12.6. The van der Waals surface area contributed by atoms with Crippen LogP contribution in [0, 0.1) is 0 Å². The summed E-state index contributed by atoms with van der Waals surface area (Å²) in [5, 5.41) is 3.38. The molecule has 0 aromatic heterocycles. The summed E-state index contributed by atoms with van der Waals surface area (Å²) in [6, 6.07) is 6.03. The molecule has 1 aromatic rings. The molecule has 1 fully saturated rings. The van der Waals surface area contributed by atoms with Gasteiger partial charge in [0.2, 0.25) is 0 Å². The number of nitrogens with zero attached hydrogens (tertiary/aromatic N) is 1. The van der Waals surface area contributed by atoms with Gasteiger partial charge in [-0.3, -0.25) is 4.79 Å². The number of benzene rings is 1. The minimum Gasteiger partial charge on any atom is -0.384 e. The van der Waals surface area contributed by atoms with Crippen LogP contribution in [-0.4, -0.2) is 43.2 Å². The maximum Gasteiger partial charge on any atom is 0.256 e. The number of carbonyl (C=O) groups excluding carboxylic acids is 1. The smallest absolute Gasteiger partial charge is 0.256 e. The fourth-order valence-electron chi connectivity index (χ4n) is 2.86. The number of hydrogen-bond donors (Lipinski definition) is 1. The van der Waals surface area contributed by atoms with Crippen LogP contribution in [0.3, 0.4) is 0 Å². The van der Waals surface area contributed by atoms with Crippen molar-refractivity contribution in [1.29, 1.82) is 0 Å². The topological polar surface area (TPSA) is 41.6 Å². The molecule has 1 unspecified atom stereocenters. The second kappa shape index (κ2) is 5.21. The normalized spacial score (nSPS) is 22.6. The molecule has 0 saturated carbocycles. The first-order valence-corrected chi connectivity index (χ1v) is 7.02. The molecule has 2 aliphatic heterocycles. The Labute approximate surface area is 113 Å². The second-order valence-corrected chi connectivity index (χ2v) is 5.30. The fourth-order valence-corrected chi connectivity index (χ4v) is 2.86. The van der Waals surface area contributed by atoms with Crippen molar-refractivity contribution in [2.24, 2.45) is 0 Å². The third kappa shape index (κ3) is 2.45. The average Bonchev–Trinajstić information content (AvgIpc) is 2.46. The highest BCUT2D eigenvalue weighted by atomic mass is 16.5. The van der Waals surface area contributed by atoms with Gasteiger partial charge in [0.25, 0.3) is 5.91 Å². The van der Waals surface area contributed by atoms with Gasteiger partial charge in [0.1, 0.15) is 0 Å². The van der Waals surface area contributed by atoms with Crippen molar-refractivity contribution in [3.63, 3.8) is 0 Å². The number of ether oxygens (including phenoxy) is 1. The molecule has 2 heterocycles. The van der Waals surface area contributed by atoms with Gasteiger partial charge in [0.15, 0.2) is 0 Å². The Kier molecular flexibility index (Phi) is 3.42. The SMILES string of the molecule is CC1CN(C(=O)c2cccc3c2NCCC3)CCO1. The quantitative estimate of drug-likeness (QED) is 0.838. The van der Waals surface area contributed by atoms with Crippen LogP contribution < -0.4 is 5.32 Å². The highest BCUT2D eigenvalue weighted by Crippen LogP contribution is 2.27. The zero-order valence-electron chi connectivity index (χ0n) is 11.3. The Balaban J connectivity index is 1.87. The Bertz CT molecular complexity index is 487. The monoisotopic (exact) mass is 260 g/mol. The number of anilines is 1. The number of carbonyl (C=O) groups is 1. The van der Waals surface area contributed by atoms with Gasteiger partial charge in [0, 0.05) is 19.6 Å². The molecule has 1 saturated heterocycles. The van der Waals surface area contributed by atoms with Crippen LogP contribution in [0.15, 0.2) is 18.2 Å². The molecule has 0 aliphatic carbocycles. The van der Waals surface area contributed by atoms with Crippen molar-refractivity contribution in [3.8, 4) is 0 Å². The van der Waals surface area contributed by atoms with Gasteiger partial charge in [0.05, 0.1) is 24.0 Å². The third-order valence-corrected chi connectivity index (χ3v) is 3.83. The van der Waals surface area contributed by atoms with E-state index >= 15 is 0 Å². The molecule has 1 amide bonds. The van der Waals surface area contributed by atoms with E-state index in [0.717, 1.165) is 30.6 Å². The molecule has 1 aromatic carbocycles. The number of amides is 1. The number of morpholine rings is 1. The number of nitrogens with one attached hydrogen (secondary N) is 1. The van der Waals surface area contributed by atoms with Gasteiger partial charge in [-0.25, -0.2) is 0 Å². The number of rotatable bonds is 1. The highest BCUT2D eigenvalue weighted by Gasteiger charge is 2.25. The van der Waals surface area contributed by atoms with E-state index in [9.17, 15) is 4.79 Å². The molecule has 102 valence electrons. The Morgan fingerprint density at radius 3 is 3.21 bits per heavy atom. The molecule has 1 atom stereocenters. The van der Waals surface area contributed by atoms with Crippen LogP contribution in [0.2, 0.25) is 0 Å². The van der Waals surface area contributed by atoms with Gasteiger partial charge in [-0.05, 0) is 31.4 Å². The number of aryl methyl sites for hydroxylation is 1. The fraction of sp³-hybridized carbons (Fsp3) is 0.533. The summed E-state index contributed by atoms with van der Waals surface area (Å²) in [6.45, 7) is 4.97. The van der Waals surface area contributed by atoms with Crippen molar-refractivity contribution in [1.82, 2.24) is 4.90 Å². The lowest BCUT2D eigenvalue weighted by Gasteiger charge is -2.32. The molecular formula is C15H20N2O2. The molecular weight excluding hydrogens is 240 g/mol. The lowest BCUT2D eigenvalue weighted by atomic mass is 9.98. The van der Waals surface area contributed by atoms with Gasteiger partial charge >= 0.3 is 0 Å². The Morgan fingerprint density at radius 2 is 2.37 bits per heavy atom. The van der Waals surface area contributed by atoms with Crippen molar-refractivity contribution in [3.05, 3.63) is 29.3 Å². The molecule has 19 heavy (non-hydrogen) atoms. The van der Waals surface area contributed by atoms with E-state index in [1.807, 2.05) is 24.0 Å². The van der Waals surface area contributed by atoms with E-state index in [1.165, 1.54) is 5.56 Å². The summed E-state index contributed by atoms with van der Waals surface area (Å²) >= 11 is 0. The van der Waals surface area contributed by atoms with Crippen LogP contribution in [-0.2, 0) is 11.2 Å². The van der Waals surface area contributed by atoms with E-state index in [0.29, 0.717) is 19.7 Å². The molecule has 0 radical (unpaired) electrons. The predicted molar refractivity (Wildman–Crippen MR) is 74.6 cm³/mol. The van der Waals surface area contributed by atoms with E-state index in [4.69, 9.17) is 4.74 Å². The summed E-state index contributed by atoms with van der Waals surface area (Å²) in [4.78, 5) is 14.6. The first-order valence-electron chi connectivity index (χ1n) is 7.02. The number of fused-ring (bicyclic) bond motifs is 1. The van der Waals surface area contributed by atoms with E-state index in [-0.39, 0.29) is 12.0 Å². The minimum atomic E-state index is 0.126. The number of hydrogen-bond acceptors (Lipinski definition) is 3. The number of para-hydroxylation sites is 1. The molecule has 2 aliphatic rings. The molecule has 4 heteroatoms. The van der Waals surface area contributed by atoms with E-state index < -0.39 is 0 Å². The Morgan fingerprint density at radius 1 is 1.47 bits per heavy atom. The summed E-state index contributed by atoms with van der Waals surface area (Å²) in [5.41, 5.74) is 3.11. The lowest BCUT2D eigenvalue weighted by Crippen LogP contribution is -2.44. The van der Waals surface area contributed by atoms with Crippen molar-refractivity contribution in [2.45, 2.75) is 25.9 Å². The van der Waals surface area contributed by atoms with E-state index in [1.54, 1.807) is 0 Å². The third-order valence-electron chi connectivity index (χ3n) is 3.83. The summed E-state index contributed by atoms with van der Waals surface area (Å²) in [6.07, 6.45) is 2.33. The van der Waals surface area contributed by atoms with Crippen molar-refractivity contribution >= 4 is 11.6 Å². The zero-order valence-corrected chi connectivity index (χ0v) is 11.3. The van der Waals surface area contributed by atoms with Crippen LogP contribution >= 0.6 is 0 Å². The minimum absolute atomic E-state index is 0.126. The van der Waals surface area contributed by atoms with Gasteiger partial charge < -0.3 is 15.0 Å². The van der Waals surface area contributed by atoms with Gasteiger partial charge in [-0.1, -0.05) is 12.1 Å². The van der Waals surface area contributed by atoms with Crippen molar-refractivity contribution in [2.75, 3.05) is 31.6 Å². The highest BCUT2D eigenvalue weighted by molar-refractivity contribution is 6.00. The zero-order chi connectivity index (χ0) is 13.2.